The molecule has 0 saturated carbocycles. The number of carboxylic acids is 1. The summed E-state index contributed by atoms with van der Waals surface area (Å²) in [5.41, 5.74) is 0. The fourth-order valence-electron chi connectivity index (χ4n) is 2.07. The topological polar surface area (TPSA) is 98.7 Å². The minimum atomic E-state index is -1.12. The van der Waals surface area contributed by atoms with Gasteiger partial charge in [0.25, 0.3) is 0 Å². The Bertz CT molecular complexity index is 399. The van der Waals surface area contributed by atoms with Crippen molar-refractivity contribution in [3.63, 3.8) is 0 Å². The second-order valence-corrected chi connectivity index (χ2v) is 4.38. The number of hydrogen-bond donors (Lipinski definition) is 3. The van der Waals surface area contributed by atoms with E-state index in [2.05, 4.69) is 10.6 Å². The van der Waals surface area contributed by atoms with Crippen LogP contribution in [0.3, 0.4) is 0 Å². The number of nitrogens with one attached hydrogen (secondary N) is 2. The molecule has 1 unspecified atom stereocenters. The van der Waals surface area contributed by atoms with Gasteiger partial charge in [-0.3, -0.25) is 9.69 Å². The Labute approximate surface area is 104 Å². The molecule has 0 aromatic rings. The normalized spacial score (nSPS) is 23.9. The minimum absolute atomic E-state index is 0.00284. The van der Waals surface area contributed by atoms with Gasteiger partial charge in [0.2, 0.25) is 5.91 Å². The number of carboxylic acid groups (broad SMARTS) is 1. The summed E-state index contributed by atoms with van der Waals surface area (Å²) in [6.45, 7) is -0.270. The van der Waals surface area contributed by atoms with Crippen LogP contribution in [0.25, 0.3) is 0 Å². The summed E-state index contributed by atoms with van der Waals surface area (Å²) in [7, 11) is 0. The third kappa shape index (κ3) is 2.61. The van der Waals surface area contributed by atoms with Crippen molar-refractivity contribution in [1.82, 2.24) is 15.5 Å². The van der Waals surface area contributed by atoms with Gasteiger partial charge in [-0.05, 0) is 12.8 Å². The molecule has 1 saturated heterocycles. The molecule has 1 fully saturated rings. The fourth-order valence-corrected chi connectivity index (χ4v) is 2.07. The molecule has 98 valence electrons. The monoisotopic (exact) mass is 253 g/mol. The van der Waals surface area contributed by atoms with Crippen molar-refractivity contribution in [2.75, 3.05) is 13.1 Å². The smallest absolute Gasteiger partial charge is 0.328 e. The van der Waals surface area contributed by atoms with Crippen molar-refractivity contribution >= 4 is 17.9 Å². The van der Waals surface area contributed by atoms with Gasteiger partial charge in [-0.25, -0.2) is 9.59 Å². The van der Waals surface area contributed by atoms with Crippen LogP contribution in [-0.4, -0.2) is 53.1 Å². The predicted molar refractivity (Wildman–Crippen MR) is 61.8 cm³/mol. The van der Waals surface area contributed by atoms with Crippen LogP contribution in [0.2, 0.25) is 0 Å². The van der Waals surface area contributed by atoms with Gasteiger partial charge in [0.1, 0.15) is 12.6 Å². The highest BCUT2D eigenvalue weighted by molar-refractivity contribution is 5.90. The highest BCUT2D eigenvalue weighted by atomic mass is 16.4. The zero-order valence-electron chi connectivity index (χ0n) is 9.76. The largest absolute Gasteiger partial charge is 0.480 e. The van der Waals surface area contributed by atoms with Crippen LogP contribution < -0.4 is 10.6 Å². The Hall–Kier alpha value is -2.05. The SMILES string of the molecule is O=C1CN(C(=O)NC2CC=CC2)C(C(=O)O)CN1. The number of piperazine rings is 1. The number of urea groups is 1. The molecule has 1 heterocycles. The number of hydrogen-bond acceptors (Lipinski definition) is 3. The minimum Gasteiger partial charge on any atom is -0.480 e. The molecule has 1 aliphatic carbocycles. The van der Waals surface area contributed by atoms with E-state index in [1.807, 2.05) is 12.2 Å². The molecule has 3 N–H and O–H groups in total. The quantitative estimate of drug-likeness (QED) is 0.567. The summed E-state index contributed by atoms with van der Waals surface area (Å²) in [5.74, 6) is -1.46. The van der Waals surface area contributed by atoms with Gasteiger partial charge < -0.3 is 15.7 Å². The summed E-state index contributed by atoms with van der Waals surface area (Å²) >= 11 is 0. The van der Waals surface area contributed by atoms with Crippen molar-refractivity contribution in [2.24, 2.45) is 0 Å². The first-order valence-corrected chi connectivity index (χ1v) is 5.79. The van der Waals surface area contributed by atoms with Gasteiger partial charge in [-0.1, -0.05) is 12.2 Å². The lowest BCUT2D eigenvalue weighted by Gasteiger charge is -2.33. The van der Waals surface area contributed by atoms with Crippen molar-refractivity contribution in [3.8, 4) is 0 Å². The Kier molecular flexibility index (Phi) is 3.50. The zero-order valence-corrected chi connectivity index (χ0v) is 9.76. The first-order chi connectivity index (χ1) is 8.58. The summed E-state index contributed by atoms with van der Waals surface area (Å²) in [6, 6.07) is -1.50. The van der Waals surface area contributed by atoms with Crippen molar-refractivity contribution in [2.45, 2.75) is 24.9 Å². The lowest BCUT2D eigenvalue weighted by atomic mass is 10.2. The van der Waals surface area contributed by atoms with Gasteiger partial charge in [-0.2, -0.15) is 0 Å². The third-order valence-corrected chi connectivity index (χ3v) is 3.06. The maximum atomic E-state index is 12.0. The highest BCUT2D eigenvalue weighted by Crippen LogP contribution is 2.11. The second kappa shape index (κ2) is 5.07. The lowest BCUT2D eigenvalue weighted by Crippen LogP contribution is -2.62. The summed E-state index contributed by atoms with van der Waals surface area (Å²) < 4.78 is 0. The van der Waals surface area contributed by atoms with Crippen LogP contribution in [0, 0.1) is 0 Å². The summed E-state index contributed by atoms with van der Waals surface area (Å²) in [5, 5.41) is 14.2. The molecule has 2 rings (SSSR count). The van der Waals surface area contributed by atoms with Gasteiger partial charge in [0.05, 0.1) is 0 Å². The number of rotatable bonds is 2. The van der Waals surface area contributed by atoms with Crippen molar-refractivity contribution in [1.29, 1.82) is 0 Å². The summed E-state index contributed by atoms with van der Waals surface area (Å²) in [4.78, 5) is 35.3. The molecule has 0 radical (unpaired) electrons. The third-order valence-electron chi connectivity index (χ3n) is 3.06. The van der Waals surface area contributed by atoms with E-state index >= 15 is 0 Å². The Morgan fingerprint density at radius 2 is 2.06 bits per heavy atom. The number of carbonyl (C=O) groups is 3. The maximum Gasteiger partial charge on any atom is 0.328 e. The lowest BCUT2D eigenvalue weighted by molar-refractivity contribution is -0.144. The molecule has 3 amide bonds. The average Bonchev–Trinajstić information content (AvgIpc) is 2.81. The second-order valence-electron chi connectivity index (χ2n) is 4.38. The average molecular weight is 253 g/mol. The highest BCUT2D eigenvalue weighted by Gasteiger charge is 2.35. The van der Waals surface area contributed by atoms with E-state index in [0.717, 1.165) is 17.7 Å². The summed E-state index contributed by atoms with van der Waals surface area (Å²) in [6.07, 6.45) is 5.40. The Morgan fingerprint density at radius 3 is 2.67 bits per heavy atom. The molecule has 2 aliphatic rings. The van der Waals surface area contributed by atoms with Gasteiger partial charge in [0.15, 0.2) is 0 Å². The van der Waals surface area contributed by atoms with Crippen molar-refractivity contribution in [3.05, 3.63) is 12.2 Å². The fraction of sp³-hybridized carbons (Fsp3) is 0.545. The predicted octanol–water partition coefficient (Wildman–Crippen LogP) is -0.700. The van der Waals surface area contributed by atoms with Crippen molar-refractivity contribution < 1.29 is 19.5 Å². The van der Waals surface area contributed by atoms with Gasteiger partial charge in [0, 0.05) is 12.6 Å². The number of nitrogens with zero attached hydrogens (tertiary/aromatic N) is 1. The molecule has 18 heavy (non-hydrogen) atoms. The molecule has 1 atom stereocenters. The van der Waals surface area contributed by atoms with Crippen LogP contribution >= 0.6 is 0 Å². The van der Waals surface area contributed by atoms with Gasteiger partial charge >= 0.3 is 12.0 Å². The molecule has 7 nitrogen and oxygen atoms in total. The van der Waals surface area contributed by atoms with Crippen LogP contribution in [-0.2, 0) is 9.59 Å². The first kappa shape index (κ1) is 12.4. The molecule has 0 bridgehead atoms. The Morgan fingerprint density at radius 1 is 1.39 bits per heavy atom. The number of aliphatic carboxylic acids is 1. The van der Waals surface area contributed by atoms with Crippen LogP contribution in [0.15, 0.2) is 12.2 Å². The van der Waals surface area contributed by atoms with E-state index in [9.17, 15) is 14.4 Å². The molecule has 1 aliphatic heterocycles. The molecular formula is C11H15N3O4. The van der Waals surface area contributed by atoms with E-state index in [-0.39, 0.29) is 25.0 Å². The van der Waals surface area contributed by atoms with E-state index in [4.69, 9.17) is 5.11 Å². The first-order valence-electron chi connectivity index (χ1n) is 5.79. The number of amides is 3. The van der Waals surface area contributed by atoms with E-state index in [1.54, 1.807) is 0 Å². The number of carbonyl (C=O) groups excluding carboxylic acids is 2. The molecular weight excluding hydrogens is 238 g/mol. The molecule has 0 aromatic heterocycles. The van der Waals surface area contributed by atoms with E-state index in [1.165, 1.54) is 0 Å². The molecule has 0 spiro atoms. The van der Waals surface area contributed by atoms with Crippen LogP contribution in [0.4, 0.5) is 4.79 Å². The van der Waals surface area contributed by atoms with Crippen LogP contribution in [0.1, 0.15) is 12.8 Å². The van der Waals surface area contributed by atoms with Crippen LogP contribution in [0.5, 0.6) is 0 Å². The Balaban J connectivity index is 2.00. The zero-order chi connectivity index (χ0) is 13.1. The molecule has 0 aromatic carbocycles. The van der Waals surface area contributed by atoms with Gasteiger partial charge in [-0.15, -0.1) is 0 Å². The standard InChI is InChI=1S/C11H15N3O4/c15-9-6-14(8(5-12-9)10(16)17)11(18)13-7-3-1-2-4-7/h1-2,7-8H,3-6H2,(H,12,15)(H,13,18)(H,16,17). The maximum absolute atomic E-state index is 12.0. The van der Waals surface area contributed by atoms with E-state index in [0.29, 0.717) is 0 Å². The van der Waals surface area contributed by atoms with E-state index < -0.39 is 18.0 Å². The molecule has 7 heteroatoms.